The Labute approximate surface area is 155 Å². The number of piperazine rings is 1. The minimum Gasteiger partial charge on any atom is -0.481 e. The van der Waals surface area contributed by atoms with Crippen molar-refractivity contribution < 1.29 is 9.53 Å². The first-order chi connectivity index (χ1) is 12.6. The van der Waals surface area contributed by atoms with E-state index in [4.69, 9.17) is 4.74 Å². The maximum atomic E-state index is 13.0. The Bertz CT molecular complexity index is 757. The molecule has 1 aliphatic rings. The van der Waals surface area contributed by atoms with Gasteiger partial charge in [-0.2, -0.15) is 0 Å². The SMILES string of the molecule is COc1cc(C(=O)N(C)CCCN2CCN(C)CC2)c2ccccc2n1. The number of aromatic nitrogens is 1. The molecule has 1 fully saturated rings. The molecule has 6 nitrogen and oxygen atoms in total. The smallest absolute Gasteiger partial charge is 0.254 e. The zero-order chi connectivity index (χ0) is 18.5. The molecule has 1 aliphatic heterocycles. The van der Waals surface area contributed by atoms with Gasteiger partial charge in [-0.1, -0.05) is 18.2 Å². The van der Waals surface area contributed by atoms with Crippen LogP contribution in [0.1, 0.15) is 16.8 Å². The Hall–Kier alpha value is -2.18. The summed E-state index contributed by atoms with van der Waals surface area (Å²) in [6, 6.07) is 9.43. The maximum Gasteiger partial charge on any atom is 0.254 e. The molecule has 26 heavy (non-hydrogen) atoms. The molecule has 0 atom stereocenters. The van der Waals surface area contributed by atoms with E-state index in [9.17, 15) is 4.79 Å². The van der Waals surface area contributed by atoms with Crippen LogP contribution in [0.25, 0.3) is 10.9 Å². The van der Waals surface area contributed by atoms with Crippen LogP contribution >= 0.6 is 0 Å². The number of fused-ring (bicyclic) bond motifs is 1. The second-order valence-electron chi connectivity index (χ2n) is 6.95. The van der Waals surface area contributed by atoms with Gasteiger partial charge < -0.3 is 19.4 Å². The Morgan fingerprint density at radius 2 is 1.96 bits per heavy atom. The summed E-state index contributed by atoms with van der Waals surface area (Å²) in [5.41, 5.74) is 1.43. The number of carbonyl (C=O) groups excluding carboxylic acids is 1. The number of hydrogen-bond acceptors (Lipinski definition) is 5. The Balaban J connectivity index is 1.64. The van der Waals surface area contributed by atoms with Crippen molar-refractivity contribution in [2.75, 3.05) is 60.5 Å². The zero-order valence-electron chi connectivity index (χ0n) is 15.9. The molecule has 3 rings (SSSR count). The third-order valence-corrected chi connectivity index (χ3v) is 5.04. The van der Waals surface area contributed by atoms with Crippen molar-refractivity contribution in [1.29, 1.82) is 0 Å². The van der Waals surface area contributed by atoms with Gasteiger partial charge in [0.25, 0.3) is 5.91 Å². The predicted molar refractivity (Wildman–Crippen MR) is 104 cm³/mol. The van der Waals surface area contributed by atoms with Crippen LogP contribution < -0.4 is 4.74 Å². The van der Waals surface area contributed by atoms with Gasteiger partial charge in [-0.05, 0) is 26.1 Å². The summed E-state index contributed by atoms with van der Waals surface area (Å²) in [6.07, 6.45) is 0.978. The first-order valence-electron chi connectivity index (χ1n) is 9.18. The predicted octanol–water partition coefficient (Wildman–Crippen LogP) is 1.95. The fourth-order valence-electron chi connectivity index (χ4n) is 3.34. The number of pyridine rings is 1. The molecular formula is C20H28N4O2. The van der Waals surface area contributed by atoms with E-state index in [0.717, 1.165) is 56.6 Å². The molecule has 0 unspecified atom stereocenters. The lowest BCUT2D eigenvalue weighted by atomic mass is 10.1. The summed E-state index contributed by atoms with van der Waals surface area (Å²) in [7, 11) is 5.61. The van der Waals surface area contributed by atoms with Gasteiger partial charge in [-0.25, -0.2) is 4.98 Å². The number of methoxy groups -OCH3 is 1. The second-order valence-corrected chi connectivity index (χ2v) is 6.95. The van der Waals surface area contributed by atoms with Crippen LogP contribution in [0.15, 0.2) is 30.3 Å². The van der Waals surface area contributed by atoms with Crippen molar-refractivity contribution in [2.45, 2.75) is 6.42 Å². The summed E-state index contributed by atoms with van der Waals surface area (Å²) in [4.78, 5) is 24.0. The third kappa shape index (κ3) is 4.31. The van der Waals surface area contributed by atoms with Gasteiger partial charge in [0.15, 0.2) is 0 Å². The van der Waals surface area contributed by atoms with Crippen molar-refractivity contribution >= 4 is 16.8 Å². The van der Waals surface area contributed by atoms with E-state index >= 15 is 0 Å². The largest absolute Gasteiger partial charge is 0.481 e. The normalized spacial score (nSPS) is 16.0. The summed E-state index contributed by atoms with van der Waals surface area (Å²) in [6.45, 7) is 6.24. The molecule has 0 bridgehead atoms. The third-order valence-electron chi connectivity index (χ3n) is 5.04. The molecule has 1 aromatic carbocycles. The molecule has 1 saturated heterocycles. The Kier molecular flexibility index (Phi) is 6.06. The van der Waals surface area contributed by atoms with Crippen LogP contribution in [-0.2, 0) is 0 Å². The van der Waals surface area contributed by atoms with Crippen LogP contribution in [0.3, 0.4) is 0 Å². The van der Waals surface area contributed by atoms with Crippen LogP contribution in [0.5, 0.6) is 5.88 Å². The monoisotopic (exact) mass is 356 g/mol. The van der Waals surface area contributed by atoms with Crippen molar-refractivity contribution in [3.63, 3.8) is 0 Å². The Morgan fingerprint density at radius 3 is 2.69 bits per heavy atom. The second kappa shape index (κ2) is 8.47. The minimum absolute atomic E-state index is 0.0141. The average molecular weight is 356 g/mol. The standard InChI is InChI=1S/C20H28N4O2/c1-22-11-13-24(14-12-22)10-6-9-23(2)20(25)17-15-19(26-3)21-18-8-5-4-7-16(17)18/h4-5,7-8,15H,6,9-14H2,1-3H3. The molecule has 1 amide bonds. The van der Waals surface area contributed by atoms with Gasteiger partial charge in [-0.3, -0.25) is 4.79 Å². The number of nitrogens with zero attached hydrogens (tertiary/aromatic N) is 4. The molecule has 140 valence electrons. The quantitative estimate of drug-likeness (QED) is 0.792. The lowest BCUT2D eigenvalue weighted by Gasteiger charge is -2.32. The average Bonchev–Trinajstić information content (AvgIpc) is 2.68. The summed E-state index contributed by atoms with van der Waals surface area (Å²) in [5.74, 6) is 0.484. The van der Waals surface area contributed by atoms with Gasteiger partial charge >= 0.3 is 0 Å². The number of carbonyl (C=O) groups is 1. The van der Waals surface area contributed by atoms with Crippen LogP contribution in [-0.4, -0.2) is 86.1 Å². The van der Waals surface area contributed by atoms with Crippen molar-refractivity contribution in [1.82, 2.24) is 19.7 Å². The summed E-state index contributed by atoms with van der Waals surface area (Å²) in [5, 5.41) is 0.865. The number of rotatable bonds is 6. The van der Waals surface area contributed by atoms with E-state index in [1.54, 1.807) is 18.1 Å². The molecule has 0 saturated carbocycles. The molecule has 6 heteroatoms. The Morgan fingerprint density at radius 1 is 1.23 bits per heavy atom. The summed E-state index contributed by atoms with van der Waals surface area (Å²) < 4.78 is 5.27. The highest BCUT2D eigenvalue weighted by molar-refractivity contribution is 6.06. The van der Waals surface area contributed by atoms with E-state index in [-0.39, 0.29) is 5.91 Å². The molecule has 1 aromatic heterocycles. The number of hydrogen-bond donors (Lipinski definition) is 0. The van der Waals surface area contributed by atoms with Gasteiger partial charge in [0.2, 0.25) is 5.88 Å². The fraction of sp³-hybridized carbons (Fsp3) is 0.500. The van der Waals surface area contributed by atoms with Crippen LogP contribution in [0.4, 0.5) is 0 Å². The molecule has 0 N–H and O–H groups in total. The van der Waals surface area contributed by atoms with E-state index in [0.29, 0.717) is 11.4 Å². The highest BCUT2D eigenvalue weighted by Gasteiger charge is 2.18. The topological polar surface area (TPSA) is 48.9 Å². The van der Waals surface area contributed by atoms with E-state index < -0.39 is 0 Å². The zero-order valence-corrected chi connectivity index (χ0v) is 15.9. The van der Waals surface area contributed by atoms with Gasteiger partial charge in [0.1, 0.15) is 0 Å². The molecule has 2 heterocycles. The number of likely N-dealkylation sites (N-methyl/N-ethyl adjacent to an activating group) is 1. The number of para-hydroxylation sites is 1. The maximum absolute atomic E-state index is 13.0. The van der Waals surface area contributed by atoms with Crippen molar-refractivity contribution in [3.8, 4) is 5.88 Å². The highest BCUT2D eigenvalue weighted by atomic mass is 16.5. The van der Waals surface area contributed by atoms with Crippen LogP contribution in [0.2, 0.25) is 0 Å². The lowest BCUT2D eigenvalue weighted by molar-refractivity contribution is 0.0784. The molecule has 0 radical (unpaired) electrons. The molecule has 0 spiro atoms. The first kappa shape index (κ1) is 18.6. The molecule has 2 aromatic rings. The minimum atomic E-state index is 0.0141. The van der Waals surface area contributed by atoms with Crippen molar-refractivity contribution in [2.24, 2.45) is 0 Å². The van der Waals surface area contributed by atoms with Crippen molar-refractivity contribution in [3.05, 3.63) is 35.9 Å². The fourth-order valence-corrected chi connectivity index (χ4v) is 3.34. The lowest BCUT2D eigenvalue weighted by Crippen LogP contribution is -2.45. The van der Waals surface area contributed by atoms with E-state index in [2.05, 4.69) is 21.8 Å². The van der Waals surface area contributed by atoms with E-state index in [1.807, 2.05) is 31.3 Å². The summed E-state index contributed by atoms with van der Waals surface area (Å²) >= 11 is 0. The van der Waals surface area contributed by atoms with Gasteiger partial charge in [0, 0.05) is 51.2 Å². The highest BCUT2D eigenvalue weighted by Crippen LogP contribution is 2.23. The molecule has 0 aliphatic carbocycles. The van der Waals surface area contributed by atoms with Gasteiger partial charge in [0.05, 0.1) is 18.2 Å². The number of benzene rings is 1. The molecular weight excluding hydrogens is 328 g/mol. The number of ether oxygens (including phenoxy) is 1. The van der Waals surface area contributed by atoms with E-state index in [1.165, 1.54) is 0 Å². The van der Waals surface area contributed by atoms with Gasteiger partial charge in [-0.15, -0.1) is 0 Å². The number of amides is 1. The first-order valence-corrected chi connectivity index (χ1v) is 9.18. The van der Waals surface area contributed by atoms with Crippen LogP contribution in [0, 0.1) is 0 Å².